The Hall–Kier alpha value is -2.23. The molecule has 3 rings (SSSR count). The van der Waals surface area contributed by atoms with Crippen LogP contribution in [0.4, 0.5) is 0 Å². The first-order valence-electron chi connectivity index (χ1n) is 9.14. The summed E-state index contributed by atoms with van der Waals surface area (Å²) in [5.74, 6) is 0.726. The SMILES string of the molecule is CCCn1c(CCC(=O)N[C@H](C)c2cccs2)nc2cc(S(N)(=O)=O)ccc21. The summed E-state index contributed by atoms with van der Waals surface area (Å²) in [4.78, 5) is 18.1. The van der Waals surface area contributed by atoms with Gasteiger partial charge in [-0.2, -0.15) is 0 Å². The lowest BCUT2D eigenvalue weighted by molar-refractivity contribution is -0.121. The molecule has 0 aliphatic rings. The van der Waals surface area contributed by atoms with Crippen LogP contribution in [0.3, 0.4) is 0 Å². The molecule has 0 unspecified atom stereocenters. The first-order chi connectivity index (χ1) is 13.3. The van der Waals surface area contributed by atoms with Gasteiger partial charge in [-0.25, -0.2) is 18.5 Å². The molecule has 0 aliphatic carbocycles. The van der Waals surface area contributed by atoms with E-state index in [1.165, 1.54) is 12.1 Å². The van der Waals surface area contributed by atoms with Crippen molar-refractivity contribution in [3.05, 3.63) is 46.4 Å². The standard InChI is InChI=1S/C19H24N4O3S2/c1-3-10-23-16-7-6-14(28(20,25)26)12-15(16)22-18(23)8-9-19(24)21-13(2)17-5-4-11-27-17/h4-7,11-13H,3,8-10H2,1-2H3,(H,21,24)(H2,20,25,26)/t13-/m1/s1. The Bertz CT molecular complexity index is 1070. The van der Waals surface area contributed by atoms with Crippen LogP contribution in [0.2, 0.25) is 0 Å². The first kappa shape index (κ1) is 20.5. The molecule has 0 saturated carbocycles. The van der Waals surface area contributed by atoms with E-state index < -0.39 is 10.0 Å². The van der Waals surface area contributed by atoms with Gasteiger partial charge in [0.25, 0.3) is 0 Å². The second-order valence-corrected chi connectivity index (χ2v) is 9.22. The number of nitrogens with zero attached hydrogens (tertiary/aromatic N) is 2. The Morgan fingerprint density at radius 1 is 1.36 bits per heavy atom. The van der Waals surface area contributed by atoms with E-state index in [0.29, 0.717) is 18.4 Å². The summed E-state index contributed by atoms with van der Waals surface area (Å²) in [5.41, 5.74) is 1.42. The molecule has 0 saturated heterocycles. The van der Waals surface area contributed by atoms with Crippen molar-refractivity contribution in [1.29, 1.82) is 0 Å². The van der Waals surface area contributed by atoms with Gasteiger partial charge in [-0.05, 0) is 43.0 Å². The molecule has 0 fully saturated rings. The highest BCUT2D eigenvalue weighted by atomic mass is 32.2. The summed E-state index contributed by atoms with van der Waals surface area (Å²) in [6.07, 6.45) is 1.68. The number of fused-ring (bicyclic) bond motifs is 1. The maximum absolute atomic E-state index is 12.4. The number of nitrogens with one attached hydrogen (secondary N) is 1. The topological polar surface area (TPSA) is 107 Å². The predicted octanol–water partition coefficient (Wildman–Crippen LogP) is 2.97. The van der Waals surface area contributed by atoms with Gasteiger partial charge < -0.3 is 9.88 Å². The third-order valence-corrected chi connectivity index (χ3v) is 6.46. The fourth-order valence-corrected chi connectivity index (χ4v) is 4.42. The molecule has 3 N–H and O–H groups in total. The van der Waals surface area contributed by atoms with E-state index in [4.69, 9.17) is 5.14 Å². The molecule has 0 aliphatic heterocycles. The molecular formula is C19H24N4O3S2. The number of sulfonamides is 1. The van der Waals surface area contributed by atoms with E-state index in [1.54, 1.807) is 17.4 Å². The second-order valence-electron chi connectivity index (χ2n) is 6.68. The average Bonchev–Trinajstić information content (AvgIpc) is 3.27. The second kappa shape index (κ2) is 8.42. The zero-order valence-electron chi connectivity index (χ0n) is 15.9. The predicted molar refractivity (Wildman–Crippen MR) is 111 cm³/mol. The maximum atomic E-state index is 12.4. The fourth-order valence-electron chi connectivity index (χ4n) is 3.15. The smallest absolute Gasteiger partial charge is 0.238 e. The van der Waals surface area contributed by atoms with Crippen molar-refractivity contribution < 1.29 is 13.2 Å². The van der Waals surface area contributed by atoms with Crippen molar-refractivity contribution in [3.8, 4) is 0 Å². The van der Waals surface area contributed by atoms with E-state index in [9.17, 15) is 13.2 Å². The molecular weight excluding hydrogens is 396 g/mol. The lowest BCUT2D eigenvalue weighted by atomic mass is 10.2. The number of aryl methyl sites for hydroxylation is 2. The minimum absolute atomic E-state index is 0.0284. The Kier molecular flexibility index (Phi) is 6.17. The summed E-state index contributed by atoms with van der Waals surface area (Å²) in [5, 5.41) is 10.2. The van der Waals surface area contributed by atoms with Gasteiger partial charge in [-0.1, -0.05) is 13.0 Å². The molecule has 0 radical (unpaired) electrons. The maximum Gasteiger partial charge on any atom is 0.238 e. The number of aromatic nitrogens is 2. The Balaban J connectivity index is 1.77. The van der Waals surface area contributed by atoms with Crippen molar-refractivity contribution in [2.24, 2.45) is 5.14 Å². The minimum Gasteiger partial charge on any atom is -0.349 e. The van der Waals surface area contributed by atoms with Crippen LogP contribution in [-0.2, 0) is 27.8 Å². The minimum atomic E-state index is -3.78. The summed E-state index contributed by atoms with van der Waals surface area (Å²) >= 11 is 1.61. The number of carbonyl (C=O) groups is 1. The highest BCUT2D eigenvalue weighted by Gasteiger charge is 2.16. The van der Waals surface area contributed by atoms with E-state index in [1.807, 2.05) is 29.0 Å². The number of imidazole rings is 1. The number of nitrogens with two attached hydrogens (primary N) is 1. The van der Waals surface area contributed by atoms with Crippen molar-refractivity contribution in [1.82, 2.24) is 14.9 Å². The molecule has 1 amide bonds. The quantitative estimate of drug-likeness (QED) is 0.584. The molecule has 1 atom stereocenters. The molecule has 2 heterocycles. The fraction of sp³-hybridized carbons (Fsp3) is 0.368. The van der Waals surface area contributed by atoms with Crippen LogP contribution in [-0.4, -0.2) is 23.9 Å². The molecule has 2 aromatic heterocycles. The van der Waals surface area contributed by atoms with Gasteiger partial charge in [-0.3, -0.25) is 4.79 Å². The molecule has 3 aromatic rings. The highest BCUT2D eigenvalue weighted by molar-refractivity contribution is 7.89. The van der Waals surface area contributed by atoms with Crippen molar-refractivity contribution >= 4 is 38.3 Å². The summed E-state index contributed by atoms with van der Waals surface area (Å²) < 4.78 is 25.2. The number of hydrogen-bond acceptors (Lipinski definition) is 5. The third-order valence-electron chi connectivity index (χ3n) is 4.50. The van der Waals surface area contributed by atoms with Crippen molar-refractivity contribution in [2.75, 3.05) is 0 Å². The number of amides is 1. The summed E-state index contributed by atoms with van der Waals surface area (Å²) in [6.45, 7) is 4.77. The highest BCUT2D eigenvalue weighted by Crippen LogP contribution is 2.22. The van der Waals surface area contributed by atoms with Gasteiger partial charge in [0.1, 0.15) is 5.82 Å². The number of carbonyl (C=O) groups excluding carboxylic acids is 1. The molecule has 1 aromatic carbocycles. The van der Waals surface area contributed by atoms with E-state index in [0.717, 1.165) is 29.2 Å². The zero-order chi connectivity index (χ0) is 20.3. The van der Waals surface area contributed by atoms with Crippen molar-refractivity contribution in [3.63, 3.8) is 0 Å². The van der Waals surface area contributed by atoms with Gasteiger partial charge in [0.15, 0.2) is 0 Å². The van der Waals surface area contributed by atoms with Crippen molar-refractivity contribution in [2.45, 2.75) is 50.6 Å². The molecule has 7 nitrogen and oxygen atoms in total. The summed E-state index contributed by atoms with van der Waals surface area (Å²) in [7, 11) is -3.78. The van der Waals surface area contributed by atoms with Gasteiger partial charge in [0, 0.05) is 24.3 Å². The molecule has 9 heteroatoms. The summed E-state index contributed by atoms with van der Waals surface area (Å²) in [6, 6.07) is 8.63. The lowest BCUT2D eigenvalue weighted by Crippen LogP contribution is -2.26. The van der Waals surface area contributed by atoms with Crippen LogP contribution >= 0.6 is 11.3 Å². The zero-order valence-corrected chi connectivity index (χ0v) is 17.5. The van der Waals surface area contributed by atoms with Gasteiger partial charge in [0.05, 0.1) is 22.0 Å². The van der Waals surface area contributed by atoms with Gasteiger partial charge >= 0.3 is 0 Å². The Labute approximate surface area is 168 Å². The van der Waals surface area contributed by atoms with Crippen LogP contribution in [0.15, 0.2) is 40.6 Å². The Morgan fingerprint density at radius 2 is 2.14 bits per heavy atom. The monoisotopic (exact) mass is 420 g/mol. The Morgan fingerprint density at radius 3 is 2.79 bits per heavy atom. The normalized spacial score (nSPS) is 13.0. The number of hydrogen-bond donors (Lipinski definition) is 2. The van der Waals surface area contributed by atoms with Gasteiger partial charge in [-0.15, -0.1) is 11.3 Å². The largest absolute Gasteiger partial charge is 0.349 e. The first-order valence-corrected chi connectivity index (χ1v) is 11.6. The molecule has 150 valence electrons. The lowest BCUT2D eigenvalue weighted by Gasteiger charge is -2.12. The van der Waals surface area contributed by atoms with E-state index in [-0.39, 0.29) is 16.8 Å². The number of thiophene rings is 1. The van der Waals surface area contributed by atoms with Gasteiger partial charge in [0.2, 0.25) is 15.9 Å². The molecule has 0 spiro atoms. The number of benzene rings is 1. The van der Waals surface area contributed by atoms with E-state index in [2.05, 4.69) is 17.2 Å². The van der Waals surface area contributed by atoms with Crippen LogP contribution in [0.1, 0.15) is 43.4 Å². The number of rotatable bonds is 8. The number of primary sulfonamides is 1. The third kappa shape index (κ3) is 4.60. The molecule has 28 heavy (non-hydrogen) atoms. The molecule has 0 bridgehead atoms. The van der Waals surface area contributed by atoms with E-state index >= 15 is 0 Å². The average molecular weight is 421 g/mol. The van der Waals surface area contributed by atoms with Crippen LogP contribution in [0, 0.1) is 0 Å². The van der Waals surface area contributed by atoms with Crippen LogP contribution in [0.5, 0.6) is 0 Å². The van der Waals surface area contributed by atoms with Crippen LogP contribution in [0.25, 0.3) is 11.0 Å². The van der Waals surface area contributed by atoms with Crippen LogP contribution < -0.4 is 10.5 Å².